The predicted octanol–water partition coefficient (Wildman–Crippen LogP) is 4.04. The number of anilines is 1. The summed E-state index contributed by atoms with van der Waals surface area (Å²) in [6.45, 7) is 10.2. The van der Waals surface area contributed by atoms with E-state index >= 15 is 0 Å². The highest BCUT2D eigenvalue weighted by Gasteiger charge is 2.25. The molecule has 1 aliphatic rings. The van der Waals surface area contributed by atoms with E-state index in [1.165, 1.54) is 0 Å². The molecule has 5 heteroatoms. The van der Waals surface area contributed by atoms with Crippen LogP contribution < -0.4 is 15.2 Å². The minimum Gasteiger partial charge on any atom is -0.432 e. The van der Waals surface area contributed by atoms with Gasteiger partial charge >= 0.3 is 0 Å². The number of aromatic nitrogens is 2. The van der Waals surface area contributed by atoms with Crippen molar-refractivity contribution in [3.05, 3.63) is 57.5 Å². The number of fused-ring (bicyclic) bond motifs is 1. The summed E-state index contributed by atoms with van der Waals surface area (Å²) in [7, 11) is 1.93. The van der Waals surface area contributed by atoms with Gasteiger partial charge in [0, 0.05) is 24.6 Å². The molecule has 0 unspecified atom stereocenters. The first-order valence-corrected chi connectivity index (χ1v) is 8.52. The molecule has 3 rings (SSSR count). The van der Waals surface area contributed by atoms with Gasteiger partial charge in [0.25, 0.3) is 5.56 Å². The summed E-state index contributed by atoms with van der Waals surface area (Å²) < 4.78 is 7.50. The van der Waals surface area contributed by atoms with Gasteiger partial charge in [-0.15, -0.1) is 0 Å². The van der Waals surface area contributed by atoms with E-state index in [1.54, 1.807) is 10.8 Å². The summed E-state index contributed by atoms with van der Waals surface area (Å²) in [6, 6.07) is 7.88. The summed E-state index contributed by atoms with van der Waals surface area (Å²) >= 11 is 0. The molecule has 2 aromatic rings. The Hall–Kier alpha value is -2.65. The molecule has 0 spiro atoms. The van der Waals surface area contributed by atoms with Crippen molar-refractivity contribution in [1.82, 2.24) is 9.78 Å². The Balaban J connectivity index is 2.10. The highest BCUT2D eigenvalue weighted by molar-refractivity contribution is 5.66. The second-order valence-electron chi connectivity index (χ2n) is 7.64. The molecule has 0 saturated carbocycles. The van der Waals surface area contributed by atoms with Crippen LogP contribution in [0.3, 0.4) is 0 Å². The van der Waals surface area contributed by atoms with Crippen LogP contribution in [0.15, 0.2) is 40.7 Å². The number of nitrogens with one attached hydrogen (secondary N) is 1. The Morgan fingerprint density at radius 1 is 1.24 bits per heavy atom. The molecule has 132 valence electrons. The molecule has 0 amide bonds. The maximum atomic E-state index is 12.8. The molecule has 1 aromatic carbocycles. The lowest BCUT2D eigenvalue weighted by Crippen LogP contribution is -2.19. The van der Waals surface area contributed by atoms with Gasteiger partial charge in [0.05, 0.1) is 16.9 Å². The molecule has 2 heterocycles. The molecule has 5 nitrogen and oxygen atoms in total. The van der Waals surface area contributed by atoms with E-state index in [0.29, 0.717) is 11.4 Å². The highest BCUT2D eigenvalue weighted by atomic mass is 16.5. The molecule has 0 fully saturated rings. The average Bonchev–Trinajstić information content (AvgIpc) is 3.03. The Bertz CT molecular complexity index is 919. The number of aromatic amines is 1. The normalized spacial score (nSPS) is 13.7. The average molecular weight is 339 g/mol. The van der Waals surface area contributed by atoms with Crippen LogP contribution in [-0.4, -0.2) is 16.8 Å². The van der Waals surface area contributed by atoms with Gasteiger partial charge in [-0.3, -0.25) is 9.89 Å². The fourth-order valence-corrected chi connectivity index (χ4v) is 2.90. The lowest BCUT2D eigenvalue weighted by Gasteiger charge is -2.17. The lowest BCUT2D eigenvalue weighted by atomic mass is 9.89. The first kappa shape index (κ1) is 17.2. The van der Waals surface area contributed by atoms with Crippen LogP contribution in [0.2, 0.25) is 0 Å². The summed E-state index contributed by atoms with van der Waals surface area (Å²) in [5, 5.41) is 3.26. The minimum atomic E-state index is -0.178. The summed E-state index contributed by atoms with van der Waals surface area (Å²) in [4.78, 5) is 14.7. The van der Waals surface area contributed by atoms with E-state index in [1.807, 2.05) is 50.1 Å². The first-order chi connectivity index (χ1) is 11.7. The van der Waals surface area contributed by atoms with Gasteiger partial charge in [-0.05, 0) is 26.0 Å². The topological polar surface area (TPSA) is 50.3 Å². The van der Waals surface area contributed by atoms with Crippen LogP contribution >= 0.6 is 0 Å². The Labute approximate surface area is 148 Å². The Morgan fingerprint density at radius 2 is 1.92 bits per heavy atom. The van der Waals surface area contributed by atoms with Gasteiger partial charge in [-0.25, -0.2) is 4.68 Å². The number of rotatable bonds is 2. The number of hydrogen-bond acceptors (Lipinski definition) is 3. The largest absolute Gasteiger partial charge is 0.432 e. The van der Waals surface area contributed by atoms with Crippen molar-refractivity contribution >= 4 is 11.8 Å². The van der Waals surface area contributed by atoms with Gasteiger partial charge in [-0.1, -0.05) is 38.6 Å². The highest BCUT2D eigenvalue weighted by Crippen LogP contribution is 2.36. The maximum Gasteiger partial charge on any atom is 0.274 e. The number of H-pyrrole nitrogens is 1. The van der Waals surface area contributed by atoms with Gasteiger partial charge < -0.3 is 9.64 Å². The van der Waals surface area contributed by atoms with Gasteiger partial charge in [0.1, 0.15) is 0 Å². The van der Waals surface area contributed by atoms with E-state index < -0.39 is 0 Å². The van der Waals surface area contributed by atoms with Crippen molar-refractivity contribution in [2.75, 3.05) is 11.9 Å². The third-order valence-electron chi connectivity index (χ3n) is 4.30. The fourth-order valence-electron chi connectivity index (χ4n) is 2.90. The summed E-state index contributed by atoms with van der Waals surface area (Å²) in [5.41, 5.74) is 5.46. The monoisotopic (exact) mass is 339 g/mol. The van der Waals surface area contributed by atoms with E-state index in [9.17, 15) is 4.79 Å². The molecule has 0 bridgehead atoms. The van der Waals surface area contributed by atoms with Crippen LogP contribution in [0.4, 0.5) is 5.69 Å². The quantitative estimate of drug-likeness (QED) is 0.840. The van der Waals surface area contributed by atoms with Crippen molar-refractivity contribution in [2.45, 2.75) is 46.1 Å². The van der Waals surface area contributed by atoms with Gasteiger partial charge in [-0.2, -0.15) is 0 Å². The standard InChI is InChI=1S/C20H25N3O2/c1-13(2)23-19(24)14(18(21-23)20(3,4)5)11-12-17-22(6)15-9-7-8-10-16(15)25-17/h7-11,13,21H,1-6H3. The molecule has 0 atom stereocenters. The van der Waals surface area contributed by atoms with Crippen molar-refractivity contribution in [1.29, 1.82) is 0 Å². The molecule has 0 aliphatic carbocycles. The predicted molar refractivity (Wildman–Crippen MR) is 101 cm³/mol. The van der Waals surface area contributed by atoms with Gasteiger partial charge in [0.2, 0.25) is 5.88 Å². The second-order valence-corrected chi connectivity index (χ2v) is 7.64. The maximum absolute atomic E-state index is 12.8. The van der Waals surface area contributed by atoms with Crippen molar-refractivity contribution in [3.8, 4) is 5.75 Å². The molecule has 0 saturated heterocycles. The Morgan fingerprint density at radius 3 is 2.52 bits per heavy atom. The molecule has 1 aromatic heterocycles. The van der Waals surface area contributed by atoms with Crippen LogP contribution in [0.5, 0.6) is 5.75 Å². The zero-order valence-corrected chi connectivity index (χ0v) is 15.7. The van der Waals surface area contributed by atoms with Crippen molar-refractivity contribution < 1.29 is 4.74 Å². The van der Waals surface area contributed by atoms with E-state index in [-0.39, 0.29) is 17.0 Å². The Kier molecular flexibility index (Phi) is 4.13. The van der Waals surface area contributed by atoms with Gasteiger partial charge in [0.15, 0.2) is 5.75 Å². The van der Waals surface area contributed by atoms with Crippen LogP contribution in [0.25, 0.3) is 6.08 Å². The molecule has 1 aliphatic heterocycles. The van der Waals surface area contributed by atoms with Crippen LogP contribution in [-0.2, 0) is 5.41 Å². The van der Waals surface area contributed by atoms with E-state index in [2.05, 4.69) is 31.6 Å². The zero-order chi connectivity index (χ0) is 18.4. The number of para-hydroxylation sites is 2. The molecule has 25 heavy (non-hydrogen) atoms. The molecular weight excluding hydrogens is 314 g/mol. The third-order valence-corrected chi connectivity index (χ3v) is 4.30. The van der Waals surface area contributed by atoms with Crippen LogP contribution in [0, 0.1) is 0 Å². The summed E-state index contributed by atoms with van der Waals surface area (Å²) in [6.07, 6.45) is 1.73. The second kappa shape index (κ2) is 6.01. The number of hydrogen-bond donors (Lipinski definition) is 1. The fraction of sp³-hybridized carbons (Fsp3) is 0.400. The van der Waals surface area contributed by atoms with Crippen LogP contribution in [0.1, 0.15) is 51.9 Å². The lowest BCUT2D eigenvalue weighted by molar-refractivity contribution is 0.445. The van der Waals surface area contributed by atoms with Crippen molar-refractivity contribution in [3.63, 3.8) is 0 Å². The first-order valence-electron chi connectivity index (χ1n) is 8.52. The smallest absolute Gasteiger partial charge is 0.274 e. The minimum absolute atomic E-state index is 0.0359. The zero-order valence-electron chi connectivity index (χ0n) is 15.7. The summed E-state index contributed by atoms with van der Waals surface area (Å²) in [5.74, 6) is 1.38. The van der Waals surface area contributed by atoms with E-state index in [0.717, 1.165) is 17.1 Å². The van der Waals surface area contributed by atoms with E-state index in [4.69, 9.17) is 4.74 Å². The number of benzene rings is 1. The SMILES string of the molecule is CC(C)n1[nH]c(C(C)(C)C)c(C=C=C2Oc3ccccc3N2C)c1=O. The molecule has 1 N–H and O–H groups in total. The number of ether oxygens (including phenoxy) is 1. The third kappa shape index (κ3) is 3.03. The number of nitrogens with zero attached hydrogens (tertiary/aromatic N) is 2. The molecular formula is C20H25N3O2. The molecule has 0 radical (unpaired) electrons. The van der Waals surface area contributed by atoms with Crippen molar-refractivity contribution in [2.24, 2.45) is 0 Å².